The number of aryl methyl sites for hydroxylation is 1. The summed E-state index contributed by atoms with van der Waals surface area (Å²) in [6.45, 7) is 1.93. The van der Waals surface area contributed by atoms with Gasteiger partial charge in [0.15, 0.2) is 5.69 Å². The summed E-state index contributed by atoms with van der Waals surface area (Å²) in [7, 11) is 0. The summed E-state index contributed by atoms with van der Waals surface area (Å²) in [6.07, 6.45) is -0.551. The molecular formula is C21H17F3N4O. The lowest BCUT2D eigenvalue weighted by atomic mass is 10.2. The number of allylic oxidation sites excluding steroid dienone is 1. The Balaban J connectivity index is 2.10. The van der Waals surface area contributed by atoms with Crippen LogP contribution in [0.2, 0.25) is 0 Å². The van der Waals surface area contributed by atoms with Crippen molar-refractivity contribution in [2.75, 3.05) is 0 Å². The van der Waals surface area contributed by atoms with E-state index in [1.165, 1.54) is 41.4 Å². The van der Waals surface area contributed by atoms with Gasteiger partial charge in [-0.25, -0.2) is 9.67 Å². The van der Waals surface area contributed by atoms with Gasteiger partial charge in [0, 0.05) is 12.3 Å². The van der Waals surface area contributed by atoms with Crippen molar-refractivity contribution in [3.63, 3.8) is 0 Å². The van der Waals surface area contributed by atoms with Crippen LogP contribution in [0.25, 0.3) is 5.69 Å². The molecule has 5 nitrogen and oxygen atoms in total. The lowest BCUT2D eigenvalue weighted by Gasteiger charge is -2.11. The fourth-order valence-electron chi connectivity index (χ4n) is 2.57. The lowest BCUT2D eigenvalue weighted by molar-refractivity contribution is -0.137. The number of aromatic nitrogens is 2. The fourth-order valence-corrected chi connectivity index (χ4v) is 2.57. The highest BCUT2D eigenvalue weighted by Gasteiger charge is 2.30. The average molecular weight is 398 g/mol. The summed E-state index contributed by atoms with van der Waals surface area (Å²) in [5, 5.41) is 4.20. The van der Waals surface area contributed by atoms with E-state index in [1.807, 2.05) is 19.1 Å². The van der Waals surface area contributed by atoms with E-state index in [4.69, 9.17) is 5.73 Å². The first kappa shape index (κ1) is 20.1. The van der Waals surface area contributed by atoms with Crippen molar-refractivity contribution in [3.05, 3.63) is 100 Å². The minimum absolute atomic E-state index is 0.0350. The number of alkyl halides is 3. The van der Waals surface area contributed by atoms with Gasteiger partial charge in [0.1, 0.15) is 0 Å². The Bertz CT molecular complexity index is 1130. The third kappa shape index (κ3) is 4.78. The molecule has 8 heteroatoms. The quantitative estimate of drug-likeness (QED) is 0.671. The normalized spacial score (nSPS) is 12.5. The zero-order valence-electron chi connectivity index (χ0n) is 15.4. The summed E-state index contributed by atoms with van der Waals surface area (Å²) >= 11 is 0. The van der Waals surface area contributed by atoms with Crippen LogP contribution in [0, 0.1) is 6.92 Å². The highest BCUT2D eigenvalue weighted by molar-refractivity contribution is 6.08. The van der Waals surface area contributed by atoms with Crippen LogP contribution >= 0.6 is 0 Å². The van der Waals surface area contributed by atoms with Crippen molar-refractivity contribution in [1.82, 2.24) is 9.78 Å². The highest BCUT2D eigenvalue weighted by Crippen LogP contribution is 2.30. The molecule has 3 rings (SSSR count). The van der Waals surface area contributed by atoms with Crippen LogP contribution in [0.3, 0.4) is 0 Å². The molecule has 0 unspecified atom stereocenters. The largest absolute Gasteiger partial charge is 0.416 e. The first-order valence-electron chi connectivity index (χ1n) is 8.59. The second kappa shape index (κ2) is 8.14. The Hall–Kier alpha value is -3.68. The van der Waals surface area contributed by atoms with E-state index >= 15 is 0 Å². The summed E-state index contributed by atoms with van der Waals surface area (Å²) < 4.78 is 40.2. The van der Waals surface area contributed by atoms with Crippen LogP contribution < -0.4 is 11.2 Å². The molecule has 0 spiro atoms. The molecule has 0 radical (unpaired) electrons. The molecule has 2 aromatic carbocycles. The van der Waals surface area contributed by atoms with Crippen LogP contribution in [0.15, 0.2) is 82.9 Å². The maximum absolute atomic E-state index is 13.0. The van der Waals surface area contributed by atoms with E-state index in [2.05, 4.69) is 10.1 Å². The molecule has 0 fully saturated rings. The van der Waals surface area contributed by atoms with Gasteiger partial charge in [0.25, 0.3) is 0 Å². The van der Waals surface area contributed by atoms with Crippen molar-refractivity contribution in [2.45, 2.75) is 13.1 Å². The van der Waals surface area contributed by atoms with E-state index in [0.29, 0.717) is 5.69 Å². The van der Waals surface area contributed by atoms with Crippen LogP contribution in [-0.2, 0) is 6.18 Å². The third-order valence-corrected chi connectivity index (χ3v) is 4.03. The number of hydrogen-bond donors (Lipinski definition) is 1. The van der Waals surface area contributed by atoms with Gasteiger partial charge in [-0.2, -0.15) is 18.3 Å². The predicted molar refractivity (Wildman–Crippen MR) is 106 cm³/mol. The summed E-state index contributed by atoms with van der Waals surface area (Å²) in [5.74, 6) is 0. The number of nitrogens with two attached hydrogens (primary N) is 1. The number of aliphatic imine (C=N–C) groups is 1. The molecular weight excluding hydrogens is 381 g/mol. The van der Waals surface area contributed by atoms with Crippen molar-refractivity contribution in [2.24, 2.45) is 10.7 Å². The molecule has 2 N–H and O–H groups in total. The highest BCUT2D eigenvalue weighted by atomic mass is 19.4. The molecule has 0 atom stereocenters. The van der Waals surface area contributed by atoms with Gasteiger partial charge in [0.2, 0.25) is 5.43 Å². The maximum Gasteiger partial charge on any atom is 0.416 e. The molecule has 0 amide bonds. The molecule has 0 saturated carbocycles. The minimum atomic E-state index is -4.49. The van der Waals surface area contributed by atoms with E-state index in [1.54, 1.807) is 12.1 Å². The van der Waals surface area contributed by atoms with Crippen LogP contribution in [0.4, 0.5) is 18.9 Å². The van der Waals surface area contributed by atoms with E-state index in [-0.39, 0.29) is 17.1 Å². The Kier molecular flexibility index (Phi) is 5.63. The molecule has 0 aliphatic rings. The second-order valence-electron chi connectivity index (χ2n) is 6.21. The first-order chi connectivity index (χ1) is 13.8. The van der Waals surface area contributed by atoms with E-state index in [0.717, 1.165) is 17.7 Å². The number of rotatable bonds is 4. The van der Waals surface area contributed by atoms with Crippen LogP contribution in [0.5, 0.6) is 0 Å². The Morgan fingerprint density at radius 2 is 1.86 bits per heavy atom. The molecule has 0 aliphatic carbocycles. The standard InChI is InChI=1S/C21H17F3N4O/c1-14-5-7-16(8-6-14)26-18(9-11-25)20-19(29)10-12-28(27-20)17-4-2-3-15(13-17)21(22,23)24/h2-13H,25H2,1H3. The van der Waals surface area contributed by atoms with Gasteiger partial charge in [-0.1, -0.05) is 23.8 Å². The van der Waals surface area contributed by atoms with Gasteiger partial charge in [-0.15, -0.1) is 0 Å². The van der Waals surface area contributed by atoms with E-state index < -0.39 is 17.2 Å². The van der Waals surface area contributed by atoms with Gasteiger partial charge in [-0.3, -0.25) is 4.79 Å². The number of halogens is 3. The summed E-state index contributed by atoms with van der Waals surface area (Å²) in [4.78, 5) is 16.8. The van der Waals surface area contributed by atoms with Crippen molar-refractivity contribution >= 4 is 11.4 Å². The molecule has 1 aromatic heterocycles. The Morgan fingerprint density at radius 1 is 1.14 bits per heavy atom. The fraction of sp³-hybridized carbons (Fsp3) is 0.0952. The number of hydrogen-bond acceptors (Lipinski definition) is 4. The minimum Gasteiger partial charge on any atom is -0.405 e. The van der Waals surface area contributed by atoms with E-state index in [9.17, 15) is 18.0 Å². The monoisotopic (exact) mass is 398 g/mol. The lowest BCUT2D eigenvalue weighted by Crippen LogP contribution is -2.20. The van der Waals surface area contributed by atoms with Crippen LogP contribution in [-0.4, -0.2) is 15.5 Å². The average Bonchev–Trinajstić information content (AvgIpc) is 2.69. The third-order valence-electron chi connectivity index (χ3n) is 4.03. The zero-order chi connectivity index (χ0) is 21.0. The van der Waals surface area contributed by atoms with Crippen molar-refractivity contribution in [1.29, 1.82) is 0 Å². The molecule has 3 aromatic rings. The molecule has 29 heavy (non-hydrogen) atoms. The molecule has 148 valence electrons. The molecule has 0 bridgehead atoms. The molecule has 1 heterocycles. The maximum atomic E-state index is 13.0. The summed E-state index contributed by atoms with van der Waals surface area (Å²) in [6, 6.07) is 13.2. The van der Waals surface area contributed by atoms with Crippen molar-refractivity contribution in [3.8, 4) is 5.69 Å². The Labute approximate surface area is 164 Å². The smallest absolute Gasteiger partial charge is 0.405 e. The summed E-state index contributed by atoms with van der Waals surface area (Å²) in [5.41, 5.74) is 6.19. The van der Waals surface area contributed by atoms with Crippen LogP contribution in [0.1, 0.15) is 16.8 Å². The number of nitrogens with zero attached hydrogens (tertiary/aromatic N) is 3. The van der Waals surface area contributed by atoms with Gasteiger partial charge in [0.05, 0.1) is 22.6 Å². The zero-order valence-corrected chi connectivity index (χ0v) is 15.4. The number of benzene rings is 2. The van der Waals surface area contributed by atoms with Gasteiger partial charge in [-0.05, 0) is 49.5 Å². The SMILES string of the molecule is Cc1ccc(N=C(C=CN)c2nn(-c3cccc(C(F)(F)F)c3)ccc2=O)cc1. The molecule has 0 saturated heterocycles. The van der Waals surface area contributed by atoms with Crippen molar-refractivity contribution < 1.29 is 13.2 Å². The Morgan fingerprint density at radius 3 is 2.52 bits per heavy atom. The van der Waals surface area contributed by atoms with Gasteiger partial charge < -0.3 is 5.73 Å². The second-order valence-corrected chi connectivity index (χ2v) is 6.21. The molecule has 0 aliphatic heterocycles. The predicted octanol–water partition coefficient (Wildman–Crippen LogP) is 4.15. The topological polar surface area (TPSA) is 73.3 Å². The van der Waals surface area contributed by atoms with Gasteiger partial charge >= 0.3 is 6.18 Å². The first-order valence-corrected chi connectivity index (χ1v) is 8.59.